The van der Waals surface area contributed by atoms with Crippen LogP contribution >= 0.6 is 0 Å². The zero-order valence-corrected chi connectivity index (χ0v) is 19.4. The van der Waals surface area contributed by atoms with Gasteiger partial charge in [-0.25, -0.2) is 4.79 Å². The number of carbonyl (C=O) groups excluding carboxylic acids is 2. The number of hydrogen-bond acceptors (Lipinski definition) is 5. The fourth-order valence-electron chi connectivity index (χ4n) is 5.98. The van der Waals surface area contributed by atoms with Gasteiger partial charge in [0.1, 0.15) is 12.6 Å². The number of fused-ring (bicyclic) bond motifs is 5. The van der Waals surface area contributed by atoms with Gasteiger partial charge in [-0.3, -0.25) is 9.59 Å². The number of likely N-dealkylation sites (tertiary alicyclic amines) is 1. The van der Waals surface area contributed by atoms with Crippen LogP contribution in [-0.2, 0) is 14.3 Å². The molecule has 1 heterocycles. The van der Waals surface area contributed by atoms with Gasteiger partial charge in [0.2, 0.25) is 5.91 Å². The molecule has 5 rings (SSSR count). The van der Waals surface area contributed by atoms with E-state index in [-0.39, 0.29) is 43.2 Å². The van der Waals surface area contributed by atoms with Crippen LogP contribution in [0.5, 0.6) is 0 Å². The quantitative estimate of drug-likeness (QED) is 0.563. The topological polar surface area (TPSA) is 116 Å². The van der Waals surface area contributed by atoms with Crippen molar-refractivity contribution in [1.29, 1.82) is 0 Å². The molecule has 2 fully saturated rings. The third kappa shape index (κ3) is 4.75. The summed E-state index contributed by atoms with van der Waals surface area (Å²) in [4.78, 5) is 39.0. The Kier molecular flexibility index (Phi) is 6.47. The highest BCUT2D eigenvalue weighted by Gasteiger charge is 2.43. The van der Waals surface area contributed by atoms with Crippen LogP contribution in [0.3, 0.4) is 0 Å². The maximum Gasteiger partial charge on any atom is 0.407 e. The number of nitrogens with one attached hydrogen (secondary N) is 1. The molecule has 0 spiro atoms. The average molecular weight is 479 g/mol. The third-order valence-corrected chi connectivity index (χ3v) is 7.51. The van der Waals surface area contributed by atoms with Gasteiger partial charge in [0, 0.05) is 24.9 Å². The van der Waals surface area contributed by atoms with Crippen LogP contribution in [0.2, 0.25) is 0 Å². The molecular weight excluding hydrogens is 448 g/mol. The second-order valence-electron chi connectivity index (χ2n) is 9.83. The number of aliphatic hydroxyl groups is 1. The Morgan fingerprint density at radius 1 is 1.00 bits per heavy atom. The van der Waals surface area contributed by atoms with E-state index in [1.165, 1.54) is 0 Å². The molecule has 2 aliphatic carbocycles. The van der Waals surface area contributed by atoms with Crippen LogP contribution in [0, 0.1) is 5.92 Å². The largest absolute Gasteiger partial charge is 0.481 e. The minimum absolute atomic E-state index is 0.0190. The van der Waals surface area contributed by atoms with Crippen molar-refractivity contribution in [3.05, 3.63) is 59.7 Å². The summed E-state index contributed by atoms with van der Waals surface area (Å²) in [7, 11) is 0. The summed E-state index contributed by atoms with van der Waals surface area (Å²) in [6.45, 7) is 0.636. The molecule has 1 saturated heterocycles. The van der Waals surface area contributed by atoms with Crippen LogP contribution in [0.4, 0.5) is 4.79 Å². The van der Waals surface area contributed by atoms with E-state index in [0.29, 0.717) is 19.4 Å². The van der Waals surface area contributed by atoms with Gasteiger partial charge in [0.05, 0.1) is 6.10 Å². The summed E-state index contributed by atoms with van der Waals surface area (Å²) >= 11 is 0. The van der Waals surface area contributed by atoms with E-state index in [1.807, 2.05) is 36.4 Å². The molecule has 2 bridgehead atoms. The lowest BCUT2D eigenvalue weighted by Gasteiger charge is -2.30. The zero-order chi connectivity index (χ0) is 24.5. The molecule has 3 aliphatic rings. The number of carboxylic acids is 1. The Balaban J connectivity index is 1.26. The second kappa shape index (κ2) is 9.70. The number of carboxylic acid groups (broad SMARTS) is 1. The van der Waals surface area contributed by atoms with Gasteiger partial charge < -0.3 is 25.2 Å². The van der Waals surface area contributed by atoms with Crippen LogP contribution in [0.1, 0.15) is 49.1 Å². The van der Waals surface area contributed by atoms with E-state index in [2.05, 4.69) is 17.4 Å². The van der Waals surface area contributed by atoms with Crippen molar-refractivity contribution in [3.8, 4) is 11.1 Å². The molecule has 8 nitrogen and oxygen atoms in total. The molecule has 0 aromatic heterocycles. The van der Waals surface area contributed by atoms with Crippen LogP contribution < -0.4 is 5.32 Å². The summed E-state index contributed by atoms with van der Waals surface area (Å²) < 4.78 is 5.59. The van der Waals surface area contributed by atoms with Crippen molar-refractivity contribution in [3.63, 3.8) is 0 Å². The Hall–Kier alpha value is -3.39. The highest BCUT2D eigenvalue weighted by Crippen LogP contribution is 2.44. The standard InChI is InChI=1S/C27H30N2O6/c30-18-12-16-11-17(13-18)29(14-16)26(33)24(9-10-25(31)32)28-27(34)35-15-23-21-7-3-1-5-19(21)20-6-2-4-8-22(20)23/h1-8,16-18,23-24,30H,9-15H2,(H,28,34)(H,31,32). The number of aliphatic hydroxyl groups excluding tert-OH is 1. The van der Waals surface area contributed by atoms with Gasteiger partial charge in [-0.1, -0.05) is 48.5 Å². The zero-order valence-electron chi connectivity index (χ0n) is 19.4. The molecule has 0 radical (unpaired) electrons. The van der Waals surface area contributed by atoms with E-state index in [4.69, 9.17) is 9.84 Å². The summed E-state index contributed by atoms with van der Waals surface area (Å²) in [5, 5.41) is 21.9. The van der Waals surface area contributed by atoms with E-state index >= 15 is 0 Å². The monoisotopic (exact) mass is 478 g/mol. The van der Waals surface area contributed by atoms with Crippen molar-refractivity contribution in [2.24, 2.45) is 5.92 Å². The lowest BCUT2D eigenvalue weighted by molar-refractivity contribution is -0.138. The molecule has 35 heavy (non-hydrogen) atoms. The molecule has 8 heteroatoms. The molecule has 1 aliphatic heterocycles. The predicted octanol–water partition coefficient (Wildman–Crippen LogP) is 3.13. The number of benzene rings is 2. The highest BCUT2D eigenvalue weighted by atomic mass is 16.5. The van der Waals surface area contributed by atoms with Gasteiger partial charge in [-0.2, -0.15) is 0 Å². The SMILES string of the molecule is O=C(O)CCC(NC(=O)OCC1c2ccccc2-c2ccccc21)C(=O)N1CC2CC(O)CC1C2. The van der Waals surface area contributed by atoms with Crippen LogP contribution in [0.15, 0.2) is 48.5 Å². The number of carbonyl (C=O) groups is 3. The molecule has 2 aromatic rings. The fraction of sp³-hybridized carbons (Fsp3) is 0.444. The Bertz CT molecular complexity index is 1090. The van der Waals surface area contributed by atoms with Gasteiger partial charge in [0.25, 0.3) is 0 Å². The highest BCUT2D eigenvalue weighted by molar-refractivity contribution is 5.87. The first-order chi connectivity index (χ1) is 16.9. The number of ether oxygens (including phenoxy) is 1. The van der Waals surface area contributed by atoms with Gasteiger partial charge in [0.15, 0.2) is 0 Å². The van der Waals surface area contributed by atoms with E-state index in [1.54, 1.807) is 4.90 Å². The summed E-state index contributed by atoms with van der Waals surface area (Å²) in [6.07, 6.45) is 0.583. The number of aliphatic carboxylic acids is 1. The van der Waals surface area contributed by atoms with Crippen molar-refractivity contribution < 1.29 is 29.3 Å². The smallest absolute Gasteiger partial charge is 0.407 e. The maximum atomic E-state index is 13.3. The van der Waals surface area contributed by atoms with Crippen molar-refractivity contribution in [1.82, 2.24) is 10.2 Å². The Labute approximate surface area is 203 Å². The van der Waals surface area contributed by atoms with Gasteiger partial charge in [-0.05, 0) is 53.9 Å². The number of alkyl carbamates (subject to hydrolysis) is 1. The lowest BCUT2D eigenvalue weighted by atomic mass is 9.88. The second-order valence-corrected chi connectivity index (χ2v) is 9.83. The third-order valence-electron chi connectivity index (χ3n) is 7.51. The van der Waals surface area contributed by atoms with Crippen molar-refractivity contribution in [2.45, 2.75) is 56.2 Å². The molecule has 184 valence electrons. The first-order valence-electron chi connectivity index (χ1n) is 12.2. The molecule has 2 aromatic carbocycles. The summed E-state index contributed by atoms with van der Waals surface area (Å²) in [5.41, 5.74) is 4.41. The van der Waals surface area contributed by atoms with Crippen LogP contribution in [-0.4, -0.2) is 64.4 Å². The summed E-state index contributed by atoms with van der Waals surface area (Å²) in [6, 6.07) is 15.0. The summed E-state index contributed by atoms with van der Waals surface area (Å²) in [5.74, 6) is -1.21. The molecular formula is C27H30N2O6. The Morgan fingerprint density at radius 3 is 2.31 bits per heavy atom. The van der Waals surface area contributed by atoms with Gasteiger partial charge in [-0.15, -0.1) is 0 Å². The number of hydrogen-bond donors (Lipinski definition) is 3. The number of amides is 2. The first kappa shape index (κ1) is 23.4. The lowest BCUT2D eigenvalue weighted by Crippen LogP contribution is -2.50. The number of nitrogens with zero attached hydrogens (tertiary/aromatic N) is 1. The maximum absolute atomic E-state index is 13.3. The molecule has 2 amide bonds. The number of rotatable bonds is 7. The van der Waals surface area contributed by atoms with E-state index < -0.39 is 24.2 Å². The fourth-order valence-corrected chi connectivity index (χ4v) is 5.98. The van der Waals surface area contributed by atoms with Crippen molar-refractivity contribution >= 4 is 18.0 Å². The Morgan fingerprint density at radius 2 is 1.66 bits per heavy atom. The molecule has 4 atom stereocenters. The van der Waals surface area contributed by atoms with E-state index in [9.17, 15) is 19.5 Å². The first-order valence-corrected chi connectivity index (χ1v) is 12.2. The van der Waals surface area contributed by atoms with E-state index in [0.717, 1.165) is 28.7 Å². The molecule has 3 N–H and O–H groups in total. The normalized spacial score (nSPS) is 23.3. The average Bonchev–Trinajstić information content (AvgIpc) is 3.33. The predicted molar refractivity (Wildman–Crippen MR) is 128 cm³/mol. The van der Waals surface area contributed by atoms with Crippen molar-refractivity contribution in [2.75, 3.05) is 13.2 Å². The van der Waals surface area contributed by atoms with Gasteiger partial charge >= 0.3 is 12.1 Å². The molecule has 4 unspecified atom stereocenters. The minimum atomic E-state index is -1.03. The molecule has 1 saturated carbocycles. The minimum Gasteiger partial charge on any atom is -0.481 e. The van der Waals surface area contributed by atoms with Crippen LogP contribution in [0.25, 0.3) is 11.1 Å².